The third kappa shape index (κ3) is 6.37. The predicted octanol–water partition coefficient (Wildman–Crippen LogP) is 1.95. The molecule has 0 spiro atoms. The van der Waals surface area contributed by atoms with Crippen LogP contribution in [-0.2, 0) is 14.3 Å². The molecule has 1 unspecified atom stereocenters. The molecule has 5 nitrogen and oxygen atoms in total. The molecule has 0 aromatic heterocycles. The quantitative estimate of drug-likeness (QED) is 0.693. The highest BCUT2D eigenvalue weighted by Gasteiger charge is 2.29. The van der Waals surface area contributed by atoms with E-state index in [0.29, 0.717) is 6.61 Å². The molecule has 0 bridgehead atoms. The van der Waals surface area contributed by atoms with Crippen molar-refractivity contribution in [3.8, 4) is 0 Å². The molecule has 0 radical (unpaired) electrons. The minimum atomic E-state index is -0.370. The average Bonchev–Trinajstić information content (AvgIpc) is 2.34. The van der Waals surface area contributed by atoms with Crippen LogP contribution in [0.5, 0.6) is 0 Å². The van der Waals surface area contributed by atoms with Crippen molar-refractivity contribution in [1.29, 1.82) is 0 Å². The molecule has 0 saturated carbocycles. The van der Waals surface area contributed by atoms with Crippen LogP contribution in [0.3, 0.4) is 0 Å². The summed E-state index contributed by atoms with van der Waals surface area (Å²) in [6.07, 6.45) is 0.852. The van der Waals surface area contributed by atoms with Gasteiger partial charge in [-0.05, 0) is 48.0 Å². The number of nitrogens with zero attached hydrogens (tertiary/aromatic N) is 1. The zero-order chi connectivity index (χ0) is 15.9. The van der Waals surface area contributed by atoms with E-state index in [-0.39, 0.29) is 36.0 Å². The molecular weight excluding hydrogens is 256 g/mol. The topological polar surface area (TPSA) is 58.6 Å². The molecule has 0 aliphatic heterocycles. The zero-order valence-corrected chi connectivity index (χ0v) is 13.9. The van der Waals surface area contributed by atoms with Crippen molar-refractivity contribution in [2.24, 2.45) is 0 Å². The number of ether oxygens (including phenoxy) is 1. The summed E-state index contributed by atoms with van der Waals surface area (Å²) in [6.45, 7) is 14.0. The molecule has 0 aromatic carbocycles. The van der Waals surface area contributed by atoms with Crippen LogP contribution in [0.25, 0.3) is 0 Å². The third-order valence-electron chi connectivity index (χ3n) is 3.50. The van der Waals surface area contributed by atoms with Crippen LogP contribution in [0.2, 0.25) is 0 Å². The van der Waals surface area contributed by atoms with Gasteiger partial charge in [0.2, 0.25) is 5.91 Å². The lowest BCUT2D eigenvalue weighted by atomic mass is 10.0. The Morgan fingerprint density at radius 2 is 1.75 bits per heavy atom. The van der Waals surface area contributed by atoms with Crippen molar-refractivity contribution in [3.63, 3.8) is 0 Å². The summed E-state index contributed by atoms with van der Waals surface area (Å²) in [4.78, 5) is 25.8. The fourth-order valence-corrected chi connectivity index (χ4v) is 1.80. The first kappa shape index (κ1) is 18.9. The van der Waals surface area contributed by atoms with Crippen LogP contribution in [0.1, 0.15) is 54.9 Å². The van der Waals surface area contributed by atoms with Gasteiger partial charge in [0.1, 0.15) is 0 Å². The summed E-state index contributed by atoms with van der Waals surface area (Å²) in [7, 11) is 0. The molecule has 1 N–H and O–H groups in total. The molecule has 118 valence electrons. The second-order valence-electron chi connectivity index (χ2n) is 5.97. The van der Waals surface area contributed by atoms with Gasteiger partial charge in [0.05, 0.1) is 19.2 Å². The van der Waals surface area contributed by atoms with Crippen molar-refractivity contribution in [3.05, 3.63) is 0 Å². The zero-order valence-electron chi connectivity index (χ0n) is 13.9. The summed E-state index contributed by atoms with van der Waals surface area (Å²) in [5.74, 6) is -0.356. The summed E-state index contributed by atoms with van der Waals surface area (Å²) in [6, 6.07) is -0.282. The van der Waals surface area contributed by atoms with Gasteiger partial charge in [0, 0.05) is 11.6 Å². The van der Waals surface area contributed by atoms with Crippen LogP contribution in [0.4, 0.5) is 0 Å². The van der Waals surface area contributed by atoms with E-state index in [0.717, 1.165) is 6.42 Å². The Hall–Kier alpha value is -1.10. The Bertz CT molecular complexity index is 327. The van der Waals surface area contributed by atoms with Gasteiger partial charge in [0.25, 0.3) is 0 Å². The summed E-state index contributed by atoms with van der Waals surface area (Å²) >= 11 is 0. The SMILES string of the molecule is CCOC(=O)CN(C(C)C)C(C)C(=O)NC(C)(C)CC. The van der Waals surface area contributed by atoms with Crippen LogP contribution in [0.15, 0.2) is 0 Å². The highest BCUT2D eigenvalue weighted by Crippen LogP contribution is 2.11. The van der Waals surface area contributed by atoms with E-state index in [1.54, 1.807) is 6.92 Å². The number of rotatable bonds is 8. The van der Waals surface area contributed by atoms with Crippen molar-refractivity contribution in [1.82, 2.24) is 10.2 Å². The molecule has 0 aliphatic rings. The summed E-state index contributed by atoms with van der Waals surface area (Å²) < 4.78 is 4.96. The molecular formula is C15H30N2O3. The average molecular weight is 286 g/mol. The van der Waals surface area contributed by atoms with Crippen molar-refractivity contribution < 1.29 is 14.3 Å². The van der Waals surface area contributed by atoms with Gasteiger partial charge in [-0.3, -0.25) is 14.5 Å². The van der Waals surface area contributed by atoms with E-state index in [9.17, 15) is 9.59 Å². The molecule has 0 rings (SSSR count). The van der Waals surface area contributed by atoms with Gasteiger partial charge in [0.15, 0.2) is 0 Å². The summed E-state index contributed by atoms with van der Waals surface area (Å²) in [5.41, 5.74) is -0.238. The normalized spacial score (nSPS) is 13.4. The second-order valence-corrected chi connectivity index (χ2v) is 5.97. The molecule has 20 heavy (non-hydrogen) atoms. The number of hydrogen-bond donors (Lipinski definition) is 1. The molecule has 0 saturated heterocycles. The lowest BCUT2D eigenvalue weighted by molar-refractivity contribution is -0.146. The number of carbonyl (C=O) groups excluding carboxylic acids is 2. The van der Waals surface area contributed by atoms with E-state index < -0.39 is 0 Å². The highest BCUT2D eigenvalue weighted by molar-refractivity contribution is 5.83. The maximum Gasteiger partial charge on any atom is 0.320 e. The number of amides is 1. The fraction of sp³-hybridized carbons (Fsp3) is 0.867. The molecule has 5 heteroatoms. The van der Waals surface area contributed by atoms with E-state index in [1.807, 2.05) is 46.4 Å². The number of carbonyl (C=O) groups is 2. The van der Waals surface area contributed by atoms with Crippen LogP contribution < -0.4 is 5.32 Å². The van der Waals surface area contributed by atoms with E-state index in [2.05, 4.69) is 5.32 Å². The molecule has 1 atom stereocenters. The van der Waals surface area contributed by atoms with Gasteiger partial charge < -0.3 is 10.1 Å². The smallest absolute Gasteiger partial charge is 0.320 e. The Balaban J connectivity index is 4.75. The maximum atomic E-state index is 12.3. The molecule has 0 fully saturated rings. The molecule has 0 aliphatic carbocycles. The monoisotopic (exact) mass is 286 g/mol. The lowest BCUT2D eigenvalue weighted by Gasteiger charge is -2.33. The van der Waals surface area contributed by atoms with Gasteiger partial charge in [-0.2, -0.15) is 0 Å². The minimum Gasteiger partial charge on any atom is -0.465 e. The van der Waals surface area contributed by atoms with Gasteiger partial charge >= 0.3 is 5.97 Å². The first-order valence-electron chi connectivity index (χ1n) is 7.38. The lowest BCUT2D eigenvalue weighted by Crippen LogP contribution is -2.54. The Morgan fingerprint density at radius 3 is 2.15 bits per heavy atom. The third-order valence-corrected chi connectivity index (χ3v) is 3.50. The van der Waals surface area contributed by atoms with Crippen LogP contribution in [0, 0.1) is 0 Å². The van der Waals surface area contributed by atoms with Crippen molar-refractivity contribution in [2.75, 3.05) is 13.2 Å². The number of nitrogens with one attached hydrogen (secondary N) is 1. The number of esters is 1. The van der Waals surface area contributed by atoms with E-state index in [4.69, 9.17) is 4.74 Å². The van der Waals surface area contributed by atoms with Crippen LogP contribution in [-0.4, -0.2) is 47.6 Å². The highest BCUT2D eigenvalue weighted by atomic mass is 16.5. The van der Waals surface area contributed by atoms with Crippen molar-refractivity contribution in [2.45, 2.75) is 72.5 Å². The van der Waals surface area contributed by atoms with Gasteiger partial charge in [-0.25, -0.2) is 0 Å². The second kappa shape index (κ2) is 8.25. The van der Waals surface area contributed by atoms with E-state index >= 15 is 0 Å². The summed E-state index contributed by atoms with van der Waals surface area (Å²) in [5, 5.41) is 3.01. The number of hydrogen-bond acceptors (Lipinski definition) is 4. The molecule has 0 heterocycles. The van der Waals surface area contributed by atoms with Gasteiger partial charge in [-0.15, -0.1) is 0 Å². The minimum absolute atomic E-state index is 0.0603. The maximum absolute atomic E-state index is 12.3. The Morgan fingerprint density at radius 1 is 1.20 bits per heavy atom. The van der Waals surface area contributed by atoms with E-state index in [1.165, 1.54) is 0 Å². The first-order valence-corrected chi connectivity index (χ1v) is 7.38. The van der Waals surface area contributed by atoms with Crippen LogP contribution >= 0.6 is 0 Å². The predicted molar refractivity (Wildman–Crippen MR) is 80.4 cm³/mol. The largest absolute Gasteiger partial charge is 0.465 e. The Kier molecular flexibility index (Phi) is 7.79. The van der Waals surface area contributed by atoms with Crippen molar-refractivity contribution >= 4 is 11.9 Å². The standard InChI is InChI=1S/C15H30N2O3/c1-8-15(6,7)16-14(19)12(5)17(11(3)4)10-13(18)20-9-2/h11-12H,8-10H2,1-7H3,(H,16,19). The Labute approximate surface area is 123 Å². The fourth-order valence-electron chi connectivity index (χ4n) is 1.80. The molecule has 0 aromatic rings. The molecule has 1 amide bonds. The van der Waals surface area contributed by atoms with Gasteiger partial charge in [-0.1, -0.05) is 6.92 Å². The first-order chi connectivity index (χ1) is 9.14.